The van der Waals surface area contributed by atoms with Gasteiger partial charge in [-0.3, -0.25) is 14.4 Å². The molecule has 2 heterocycles. The van der Waals surface area contributed by atoms with Crippen molar-refractivity contribution in [2.45, 2.75) is 26.3 Å². The van der Waals surface area contributed by atoms with E-state index in [9.17, 15) is 14.4 Å². The van der Waals surface area contributed by atoms with Gasteiger partial charge in [-0.05, 0) is 31.0 Å². The third kappa shape index (κ3) is 5.86. The second kappa shape index (κ2) is 11.1. The Morgan fingerprint density at radius 3 is 2.71 bits per heavy atom. The molecule has 2 N–H and O–H groups in total. The summed E-state index contributed by atoms with van der Waals surface area (Å²) in [6, 6.07) is 13.6. The van der Waals surface area contributed by atoms with Crippen LogP contribution in [0.3, 0.4) is 0 Å². The van der Waals surface area contributed by atoms with Crippen LogP contribution in [0.2, 0.25) is 0 Å². The first kappa shape index (κ1) is 24.4. The molecule has 1 aromatic heterocycles. The number of likely N-dealkylation sites (tertiary alicyclic amines) is 1. The molecule has 1 atom stereocenters. The Morgan fingerprint density at radius 2 is 2.00 bits per heavy atom. The quantitative estimate of drug-likeness (QED) is 0.467. The highest BCUT2D eigenvalue weighted by atomic mass is 16.5. The Kier molecular flexibility index (Phi) is 7.77. The fraction of sp³-hybridized carbons (Fsp3) is 0.385. The second-order valence-electron chi connectivity index (χ2n) is 8.76. The Hall–Kier alpha value is -3.72. The average Bonchev–Trinajstić information content (AvgIpc) is 3.44. The van der Waals surface area contributed by atoms with Crippen molar-refractivity contribution in [1.29, 1.82) is 0 Å². The van der Waals surface area contributed by atoms with Crippen LogP contribution in [-0.2, 0) is 27.3 Å². The highest BCUT2D eigenvalue weighted by Crippen LogP contribution is 2.25. The molecular formula is C26H31N5O4. The minimum absolute atomic E-state index is 0.0782. The molecule has 0 bridgehead atoms. The average molecular weight is 478 g/mol. The first-order valence-corrected chi connectivity index (χ1v) is 11.9. The molecule has 184 valence electrons. The number of nitrogens with zero attached hydrogens (tertiary/aromatic N) is 3. The molecule has 4 rings (SSSR count). The van der Waals surface area contributed by atoms with Crippen LogP contribution in [0.4, 0.5) is 5.69 Å². The van der Waals surface area contributed by atoms with Crippen molar-refractivity contribution in [3.8, 4) is 0 Å². The molecule has 2 aromatic carbocycles. The van der Waals surface area contributed by atoms with Crippen LogP contribution >= 0.6 is 0 Å². The van der Waals surface area contributed by atoms with E-state index >= 15 is 0 Å². The van der Waals surface area contributed by atoms with Gasteiger partial charge in [0.05, 0.1) is 22.9 Å². The fourth-order valence-corrected chi connectivity index (χ4v) is 4.47. The first-order chi connectivity index (χ1) is 17.0. The van der Waals surface area contributed by atoms with Gasteiger partial charge in [-0.25, -0.2) is 4.98 Å². The van der Waals surface area contributed by atoms with E-state index in [4.69, 9.17) is 4.74 Å². The van der Waals surface area contributed by atoms with Crippen molar-refractivity contribution in [3.05, 3.63) is 59.9 Å². The van der Waals surface area contributed by atoms with E-state index in [2.05, 4.69) is 27.8 Å². The lowest BCUT2D eigenvalue weighted by Crippen LogP contribution is -2.31. The second-order valence-corrected chi connectivity index (χ2v) is 8.76. The van der Waals surface area contributed by atoms with Crippen LogP contribution in [-0.4, -0.2) is 65.5 Å². The number of aromatic nitrogens is 2. The van der Waals surface area contributed by atoms with Gasteiger partial charge >= 0.3 is 0 Å². The zero-order valence-electron chi connectivity index (χ0n) is 20.1. The maximum atomic E-state index is 13.3. The van der Waals surface area contributed by atoms with Gasteiger partial charge in [0.15, 0.2) is 0 Å². The lowest BCUT2D eigenvalue weighted by Gasteiger charge is -2.15. The summed E-state index contributed by atoms with van der Waals surface area (Å²) in [7, 11) is 1.45. The molecule has 3 amide bonds. The number of rotatable bonds is 10. The molecule has 0 aliphatic carbocycles. The molecular weight excluding hydrogens is 446 g/mol. The third-order valence-electron chi connectivity index (χ3n) is 6.23. The summed E-state index contributed by atoms with van der Waals surface area (Å²) < 4.78 is 6.87. The Labute approximate surface area is 204 Å². The van der Waals surface area contributed by atoms with Gasteiger partial charge in [-0.2, -0.15) is 0 Å². The van der Waals surface area contributed by atoms with Crippen LogP contribution in [0.15, 0.2) is 48.8 Å². The number of carbonyl (C=O) groups is 3. The first-order valence-electron chi connectivity index (χ1n) is 11.9. The summed E-state index contributed by atoms with van der Waals surface area (Å²) in [5, 5.41) is 5.77. The van der Waals surface area contributed by atoms with Gasteiger partial charge in [0.25, 0.3) is 5.91 Å². The maximum Gasteiger partial charge on any atom is 0.253 e. The van der Waals surface area contributed by atoms with Gasteiger partial charge in [0, 0.05) is 51.3 Å². The summed E-state index contributed by atoms with van der Waals surface area (Å²) >= 11 is 0. The van der Waals surface area contributed by atoms with E-state index in [1.807, 2.05) is 29.7 Å². The van der Waals surface area contributed by atoms with Crippen molar-refractivity contribution in [1.82, 2.24) is 19.8 Å². The van der Waals surface area contributed by atoms with Gasteiger partial charge < -0.3 is 24.8 Å². The molecule has 1 aliphatic heterocycles. The Balaban J connectivity index is 1.58. The van der Waals surface area contributed by atoms with Crippen LogP contribution in [0, 0.1) is 5.92 Å². The lowest BCUT2D eigenvalue weighted by molar-refractivity contribution is -0.127. The Bertz CT molecular complexity index is 1210. The van der Waals surface area contributed by atoms with Crippen molar-refractivity contribution in [2.24, 2.45) is 5.92 Å². The van der Waals surface area contributed by atoms with E-state index in [0.717, 1.165) is 6.42 Å². The minimum Gasteiger partial charge on any atom is -0.375 e. The summed E-state index contributed by atoms with van der Waals surface area (Å²) in [5.74, 6) is -0.377. The maximum absolute atomic E-state index is 13.3. The van der Waals surface area contributed by atoms with Crippen LogP contribution < -0.4 is 10.6 Å². The molecule has 3 aromatic rings. The molecule has 1 aliphatic rings. The molecule has 35 heavy (non-hydrogen) atoms. The van der Waals surface area contributed by atoms with Gasteiger partial charge in [0.1, 0.15) is 6.61 Å². The number of ether oxygens (including phenoxy) is 1. The highest BCUT2D eigenvalue weighted by Gasteiger charge is 2.29. The standard InChI is InChI=1S/C26H31N5O4/c1-3-30-15-19(11-24(30)33)14-27-26(34)21-12-20(29-23(32)16-35-2)13-22-25(21)31(17-28-22)10-9-18-7-5-4-6-8-18/h4-8,12-13,17,19H,3,9-11,14-16H2,1-2H3,(H,27,34)(H,29,32)/t19-/m0/s1. The van der Waals surface area contributed by atoms with E-state index in [-0.39, 0.29) is 30.2 Å². The summed E-state index contributed by atoms with van der Waals surface area (Å²) in [6.45, 7) is 4.24. The number of fused-ring (bicyclic) bond motifs is 1. The third-order valence-corrected chi connectivity index (χ3v) is 6.23. The zero-order valence-corrected chi connectivity index (χ0v) is 20.1. The topological polar surface area (TPSA) is 106 Å². The number of benzene rings is 2. The highest BCUT2D eigenvalue weighted by molar-refractivity contribution is 6.07. The zero-order chi connectivity index (χ0) is 24.8. The van der Waals surface area contributed by atoms with E-state index in [1.165, 1.54) is 12.7 Å². The number of nitrogens with one attached hydrogen (secondary N) is 2. The van der Waals surface area contributed by atoms with Crippen molar-refractivity contribution < 1.29 is 19.1 Å². The summed E-state index contributed by atoms with van der Waals surface area (Å²) in [4.78, 5) is 43.8. The summed E-state index contributed by atoms with van der Waals surface area (Å²) in [6.07, 6.45) is 2.95. The smallest absolute Gasteiger partial charge is 0.253 e. The molecule has 0 saturated carbocycles. The van der Waals surface area contributed by atoms with Gasteiger partial charge in [-0.1, -0.05) is 30.3 Å². The fourth-order valence-electron chi connectivity index (χ4n) is 4.47. The number of aryl methyl sites for hydroxylation is 2. The monoisotopic (exact) mass is 477 g/mol. The van der Waals surface area contributed by atoms with E-state index in [1.54, 1.807) is 23.4 Å². The van der Waals surface area contributed by atoms with Gasteiger partial charge in [-0.15, -0.1) is 0 Å². The summed E-state index contributed by atoms with van der Waals surface area (Å²) in [5.41, 5.74) is 3.42. The predicted molar refractivity (Wildman–Crippen MR) is 133 cm³/mol. The number of carbonyl (C=O) groups excluding carboxylic acids is 3. The largest absolute Gasteiger partial charge is 0.375 e. The Morgan fingerprint density at radius 1 is 1.20 bits per heavy atom. The number of anilines is 1. The van der Waals surface area contributed by atoms with E-state index < -0.39 is 0 Å². The number of imidazole rings is 1. The van der Waals surface area contributed by atoms with Crippen LogP contribution in [0.1, 0.15) is 29.3 Å². The number of hydrogen-bond acceptors (Lipinski definition) is 5. The molecule has 1 saturated heterocycles. The number of amides is 3. The van der Waals surface area contributed by atoms with Crippen molar-refractivity contribution in [3.63, 3.8) is 0 Å². The molecule has 9 heteroatoms. The van der Waals surface area contributed by atoms with Crippen LogP contribution in [0.25, 0.3) is 11.0 Å². The van der Waals surface area contributed by atoms with Crippen LogP contribution in [0.5, 0.6) is 0 Å². The minimum atomic E-state index is -0.314. The van der Waals surface area contributed by atoms with E-state index in [0.29, 0.717) is 54.9 Å². The molecule has 0 radical (unpaired) electrons. The molecule has 9 nitrogen and oxygen atoms in total. The predicted octanol–water partition coefficient (Wildman–Crippen LogP) is 2.46. The normalized spacial score (nSPS) is 15.5. The SMILES string of the molecule is CCN1C[C@H](CNC(=O)c2cc(NC(=O)COC)cc3ncn(CCc4ccccc4)c23)CC1=O. The molecule has 0 spiro atoms. The molecule has 1 fully saturated rings. The lowest BCUT2D eigenvalue weighted by atomic mass is 10.1. The molecule has 0 unspecified atom stereocenters. The van der Waals surface area contributed by atoms with Crippen molar-refractivity contribution in [2.75, 3.05) is 38.7 Å². The number of methoxy groups -OCH3 is 1. The van der Waals surface area contributed by atoms with Gasteiger partial charge in [0.2, 0.25) is 11.8 Å². The van der Waals surface area contributed by atoms with Crippen molar-refractivity contribution >= 4 is 34.4 Å². The number of hydrogen-bond donors (Lipinski definition) is 2.